The van der Waals surface area contributed by atoms with Crippen molar-refractivity contribution in [2.45, 2.75) is 27.3 Å². The molecule has 1 amide bonds. The molecule has 1 heterocycles. The van der Waals surface area contributed by atoms with Gasteiger partial charge in [0.2, 0.25) is 0 Å². The second-order valence-corrected chi connectivity index (χ2v) is 5.90. The fourth-order valence-electron chi connectivity index (χ4n) is 1.76. The van der Waals surface area contributed by atoms with E-state index in [-0.39, 0.29) is 12.5 Å². The van der Waals surface area contributed by atoms with E-state index in [9.17, 15) is 4.79 Å². The van der Waals surface area contributed by atoms with Crippen LogP contribution in [0, 0.1) is 20.8 Å². The summed E-state index contributed by atoms with van der Waals surface area (Å²) >= 11 is 1.71. The summed E-state index contributed by atoms with van der Waals surface area (Å²) in [6.07, 6.45) is 0. The van der Waals surface area contributed by atoms with Gasteiger partial charge in [-0.25, -0.2) is 0 Å². The van der Waals surface area contributed by atoms with E-state index < -0.39 is 0 Å². The second-order valence-electron chi connectivity index (χ2n) is 4.82. The van der Waals surface area contributed by atoms with Crippen molar-refractivity contribution in [3.8, 4) is 5.75 Å². The lowest BCUT2D eigenvalue weighted by Gasteiger charge is -2.07. The minimum atomic E-state index is -0.103. The maximum atomic E-state index is 11.7. The van der Waals surface area contributed by atoms with Crippen LogP contribution >= 0.6 is 11.3 Å². The molecule has 0 radical (unpaired) electrons. The van der Waals surface area contributed by atoms with E-state index in [1.807, 2.05) is 31.2 Å². The smallest absolute Gasteiger partial charge is 0.258 e. The molecule has 0 unspecified atom stereocenters. The van der Waals surface area contributed by atoms with Gasteiger partial charge < -0.3 is 10.1 Å². The minimum Gasteiger partial charge on any atom is -0.484 e. The Morgan fingerprint density at radius 1 is 1.20 bits per heavy atom. The first-order valence-electron chi connectivity index (χ1n) is 6.56. The van der Waals surface area contributed by atoms with E-state index in [0.29, 0.717) is 12.3 Å². The highest BCUT2D eigenvalue weighted by Crippen LogP contribution is 2.20. The summed E-state index contributed by atoms with van der Waals surface area (Å²) in [5.41, 5.74) is 3.61. The molecule has 1 N–H and O–H groups in total. The Morgan fingerprint density at radius 2 is 1.90 bits per heavy atom. The number of benzene rings is 1. The molecule has 1 aromatic carbocycles. The molecule has 0 saturated carbocycles. The van der Waals surface area contributed by atoms with E-state index >= 15 is 0 Å². The van der Waals surface area contributed by atoms with E-state index in [0.717, 1.165) is 0 Å². The lowest BCUT2D eigenvalue weighted by Crippen LogP contribution is -2.28. The summed E-state index contributed by atoms with van der Waals surface area (Å²) < 4.78 is 5.44. The number of hydrogen-bond acceptors (Lipinski definition) is 3. The average molecular weight is 289 g/mol. The molecule has 0 spiro atoms. The Bertz CT molecular complexity index is 587. The van der Waals surface area contributed by atoms with Crippen molar-refractivity contribution in [1.29, 1.82) is 0 Å². The fourth-order valence-corrected chi connectivity index (χ4v) is 2.65. The van der Waals surface area contributed by atoms with Crippen molar-refractivity contribution in [2.24, 2.45) is 0 Å². The van der Waals surface area contributed by atoms with Crippen molar-refractivity contribution in [3.63, 3.8) is 0 Å². The Balaban J connectivity index is 1.78. The highest BCUT2D eigenvalue weighted by Gasteiger charge is 2.06. The summed E-state index contributed by atoms with van der Waals surface area (Å²) in [7, 11) is 0. The number of nitrogens with one attached hydrogen (secondary N) is 1. The van der Waals surface area contributed by atoms with E-state index in [4.69, 9.17) is 4.74 Å². The standard InChI is InChI=1S/C16H19NO2S/c1-11-4-6-15(7-5-11)19-9-16(18)17-8-14-10-20-13(3)12(14)2/h4-7,10H,8-9H2,1-3H3,(H,17,18). The zero-order chi connectivity index (χ0) is 14.5. The van der Waals surface area contributed by atoms with Gasteiger partial charge in [0.25, 0.3) is 5.91 Å². The summed E-state index contributed by atoms with van der Waals surface area (Å²) in [5, 5.41) is 4.97. The number of ether oxygens (including phenoxy) is 1. The highest BCUT2D eigenvalue weighted by atomic mass is 32.1. The van der Waals surface area contributed by atoms with Crippen LogP contribution in [0.3, 0.4) is 0 Å². The van der Waals surface area contributed by atoms with Crippen LogP contribution in [0.15, 0.2) is 29.6 Å². The molecule has 1 aromatic heterocycles. The number of rotatable bonds is 5. The van der Waals surface area contributed by atoms with Crippen molar-refractivity contribution in [2.75, 3.05) is 6.61 Å². The monoisotopic (exact) mass is 289 g/mol. The molecule has 2 aromatic rings. The number of thiophene rings is 1. The zero-order valence-electron chi connectivity index (χ0n) is 12.0. The van der Waals surface area contributed by atoms with Gasteiger partial charge in [0.05, 0.1) is 0 Å². The summed E-state index contributed by atoms with van der Waals surface area (Å²) in [5.74, 6) is 0.613. The number of amides is 1. The third-order valence-corrected chi connectivity index (χ3v) is 4.32. The quantitative estimate of drug-likeness (QED) is 0.916. The van der Waals surface area contributed by atoms with Crippen LogP contribution in [0.5, 0.6) is 5.75 Å². The first-order valence-corrected chi connectivity index (χ1v) is 7.44. The van der Waals surface area contributed by atoms with Crippen LogP contribution in [0.25, 0.3) is 0 Å². The number of aryl methyl sites for hydroxylation is 2. The Kier molecular flexibility index (Phi) is 4.79. The lowest BCUT2D eigenvalue weighted by molar-refractivity contribution is -0.123. The maximum absolute atomic E-state index is 11.7. The summed E-state index contributed by atoms with van der Waals surface area (Å²) in [6.45, 7) is 6.79. The van der Waals surface area contributed by atoms with E-state index in [2.05, 4.69) is 24.5 Å². The molecule has 0 aliphatic heterocycles. The zero-order valence-corrected chi connectivity index (χ0v) is 12.8. The van der Waals surface area contributed by atoms with Gasteiger partial charge in [-0.2, -0.15) is 0 Å². The third-order valence-electron chi connectivity index (χ3n) is 3.25. The molecule has 0 aliphatic rings. The van der Waals surface area contributed by atoms with Crippen molar-refractivity contribution in [1.82, 2.24) is 5.32 Å². The number of carbonyl (C=O) groups excluding carboxylic acids is 1. The van der Waals surface area contributed by atoms with Crippen LogP contribution in [0.1, 0.15) is 21.6 Å². The molecule has 106 valence electrons. The van der Waals surface area contributed by atoms with Crippen LogP contribution in [0.2, 0.25) is 0 Å². The molecule has 2 rings (SSSR count). The average Bonchev–Trinajstić information content (AvgIpc) is 2.76. The van der Waals surface area contributed by atoms with Gasteiger partial charge in [0.15, 0.2) is 6.61 Å². The summed E-state index contributed by atoms with van der Waals surface area (Å²) in [4.78, 5) is 13.0. The van der Waals surface area contributed by atoms with Gasteiger partial charge in [-0.15, -0.1) is 11.3 Å². The van der Waals surface area contributed by atoms with E-state index in [1.54, 1.807) is 11.3 Å². The Hall–Kier alpha value is -1.81. The van der Waals surface area contributed by atoms with Gasteiger partial charge in [-0.3, -0.25) is 4.79 Å². The Labute approximate surface area is 123 Å². The normalized spacial score (nSPS) is 10.3. The first-order chi connectivity index (χ1) is 9.56. The molecule has 20 heavy (non-hydrogen) atoms. The van der Waals surface area contributed by atoms with Gasteiger partial charge in [0.1, 0.15) is 5.75 Å². The van der Waals surface area contributed by atoms with Gasteiger partial charge in [-0.1, -0.05) is 17.7 Å². The molecular weight excluding hydrogens is 270 g/mol. The van der Waals surface area contributed by atoms with Crippen LogP contribution in [-0.4, -0.2) is 12.5 Å². The number of carbonyl (C=O) groups is 1. The molecule has 0 bridgehead atoms. The first kappa shape index (κ1) is 14.6. The predicted octanol–water partition coefficient (Wildman–Crippen LogP) is 3.37. The van der Waals surface area contributed by atoms with Crippen LogP contribution in [0.4, 0.5) is 0 Å². The van der Waals surface area contributed by atoms with Gasteiger partial charge >= 0.3 is 0 Å². The Morgan fingerprint density at radius 3 is 2.50 bits per heavy atom. The van der Waals surface area contributed by atoms with Crippen LogP contribution in [-0.2, 0) is 11.3 Å². The van der Waals surface area contributed by atoms with Gasteiger partial charge in [-0.05, 0) is 49.4 Å². The fraction of sp³-hybridized carbons (Fsp3) is 0.312. The largest absolute Gasteiger partial charge is 0.484 e. The molecular formula is C16H19NO2S. The minimum absolute atomic E-state index is 0.0469. The second kappa shape index (κ2) is 6.57. The van der Waals surface area contributed by atoms with Crippen LogP contribution < -0.4 is 10.1 Å². The maximum Gasteiger partial charge on any atom is 0.258 e. The molecule has 4 heteroatoms. The molecule has 0 fully saturated rings. The van der Waals surface area contributed by atoms with Crippen molar-refractivity contribution in [3.05, 3.63) is 51.2 Å². The molecule has 0 aliphatic carbocycles. The molecule has 0 saturated heterocycles. The van der Waals surface area contributed by atoms with Crippen molar-refractivity contribution >= 4 is 17.2 Å². The topological polar surface area (TPSA) is 38.3 Å². The van der Waals surface area contributed by atoms with Crippen molar-refractivity contribution < 1.29 is 9.53 Å². The number of hydrogen-bond donors (Lipinski definition) is 1. The lowest BCUT2D eigenvalue weighted by atomic mass is 10.2. The summed E-state index contributed by atoms with van der Waals surface area (Å²) in [6, 6.07) is 7.67. The molecule has 0 atom stereocenters. The highest BCUT2D eigenvalue weighted by molar-refractivity contribution is 7.10. The molecule has 3 nitrogen and oxygen atoms in total. The SMILES string of the molecule is Cc1ccc(OCC(=O)NCc2csc(C)c2C)cc1. The third kappa shape index (κ3) is 3.84. The van der Waals surface area contributed by atoms with Gasteiger partial charge in [0, 0.05) is 11.4 Å². The van der Waals surface area contributed by atoms with E-state index in [1.165, 1.54) is 21.6 Å². The predicted molar refractivity (Wildman–Crippen MR) is 82.3 cm³/mol.